The number of carboxylic acid groups (broad SMARTS) is 1. The number of amides is 1. The van der Waals surface area contributed by atoms with E-state index in [1.54, 1.807) is 30.3 Å². The number of ether oxygens (including phenoxy) is 1. The second-order valence-corrected chi connectivity index (χ2v) is 3.81. The molecule has 0 bridgehead atoms. The third-order valence-corrected chi connectivity index (χ3v) is 2.39. The fraction of sp³-hybridized carbons (Fsp3) is 0.231. The van der Waals surface area contributed by atoms with E-state index in [2.05, 4.69) is 10.1 Å². The van der Waals surface area contributed by atoms with Crippen molar-refractivity contribution < 1.29 is 19.4 Å². The van der Waals surface area contributed by atoms with Crippen LogP contribution in [0.1, 0.15) is 5.56 Å². The van der Waals surface area contributed by atoms with E-state index < -0.39 is 12.1 Å². The third-order valence-electron chi connectivity index (χ3n) is 2.39. The quantitative estimate of drug-likeness (QED) is 0.513. The van der Waals surface area contributed by atoms with Crippen molar-refractivity contribution in [2.24, 2.45) is 0 Å². The molecular formula is C13H16N2O4. The van der Waals surface area contributed by atoms with Crippen LogP contribution in [0.15, 0.2) is 30.3 Å². The molecule has 0 heterocycles. The Morgan fingerprint density at radius 2 is 2.05 bits per heavy atom. The van der Waals surface area contributed by atoms with Gasteiger partial charge in [-0.15, -0.1) is 0 Å². The molecule has 1 unspecified atom stereocenters. The number of nitrogens with two attached hydrogens (primary N) is 1. The first kappa shape index (κ1) is 14.7. The molecule has 0 aliphatic rings. The number of nitrogens with one attached hydrogen (secondary N) is 1. The lowest BCUT2D eigenvalue weighted by atomic mass is 10.2. The third kappa shape index (κ3) is 5.22. The Hall–Kier alpha value is -2.34. The Labute approximate surface area is 110 Å². The number of benzene rings is 1. The lowest BCUT2D eigenvalue weighted by Gasteiger charge is -2.09. The summed E-state index contributed by atoms with van der Waals surface area (Å²) in [5.41, 5.74) is 7.00. The zero-order chi connectivity index (χ0) is 14.3. The summed E-state index contributed by atoms with van der Waals surface area (Å²) in [4.78, 5) is 22.1. The molecule has 6 heteroatoms. The van der Waals surface area contributed by atoms with Gasteiger partial charge < -0.3 is 20.9 Å². The highest BCUT2D eigenvalue weighted by Crippen LogP contribution is 2.06. The maximum atomic E-state index is 11.5. The minimum absolute atomic E-state index is 0.0866. The van der Waals surface area contributed by atoms with Crippen molar-refractivity contribution in [3.63, 3.8) is 0 Å². The van der Waals surface area contributed by atoms with Gasteiger partial charge in [-0.2, -0.15) is 0 Å². The molecule has 6 nitrogen and oxygen atoms in total. The number of hydrogen-bond donors (Lipinski definition) is 3. The lowest BCUT2D eigenvalue weighted by molar-refractivity contribution is -0.148. The Balaban J connectivity index is 2.47. The average molecular weight is 264 g/mol. The highest BCUT2D eigenvalue weighted by molar-refractivity contribution is 5.92. The van der Waals surface area contributed by atoms with Crippen molar-refractivity contribution in [1.29, 1.82) is 0 Å². The first-order chi connectivity index (χ1) is 9.02. The van der Waals surface area contributed by atoms with Crippen LogP contribution in [-0.4, -0.2) is 36.7 Å². The van der Waals surface area contributed by atoms with E-state index in [9.17, 15) is 9.59 Å². The van der Waals surface area contributed by atoms with E-state index >= 15 is 0 Å². The summed E-state index contributed by atoms with van der Waals surface area (Å²) in [6, 6.07) is 6.99. The van der Waals surface area contributed by atoms with Crippen LogP contribution in [0.2, 0.25) is 0 Å². The standard InChI is InChI=1S/C13H16N2O4/c1-19-11(13(17)18)8-15-12(16)7-4-9-2-5-10(14)6-3-9/h2-7,11H,8,14H2,1H3,(H,15,16)(H,17,18)/b7-4+. The van der Waals surface area contributed by atoms with Crippen LogP contribution in [0.25, 0.3) is 6.08 Å². The maximum Gasteiger partial charge on any atom is 0.334 e. The molecular weight excluding hydrogens is 248 g/mol. The van der Waals surface area contributed by atoms with Crippen LogP contribution >= 0.6 is 0 Å². The largest absolute Gasteiger partial charge is 0.479 e. The number of aliphatic carboxylic acids is 1. The summed E-state index contributed by atoms with van der Waals surface area (Å²) >= 11 is 0. The molecule has 1 aromatic carbocycles. The molecule has 0 spiro atoms. The van der Waals surface area contributed by atoms with Crippen LogP contribution in [0.4, 0.5) is 5.69 Å². The molecule has 0 saturated carbocycles. The molecule has 0 fully saturated rings. The van der Waals surface area contributed by atoms with E-state index in [-0.39, 0.29) is 12.5 Å². The second-order valence-electron chi connectivity index (χ2n) is 3.81. The molecule has 1 rings (SSSR count). The van der Waals surface area contributed by atoms with Crippen LogP contribution < -0.4 is 11.1 Å². The molecule has 1 amide bonds. The number of hydrogen-bond acceptors (Lipinski definition) is 4. The van der Waals surface area contributed by atoms with E-state index in [0.717, 1.165) is 5.56 Å². The fourth-order valence-corrected chi connectivity index (χ4v) is 1.30. The van der Waals surface area contributed by atoms with E-state index in [1.807, 2.05) is 0 Å². The zero-order valence-corrected chi connectivity index (χ0v) is 10.5. The summed E-state index contributed by atoms with van der Waals surface area (Å²) < 4.78 is 4.69. The van der Waals surface area contributed by atoms with Crippen molar-refractivity contribution in [2.75, 3.05) is 19.4 Å². The minimum Gasteiger partial charge on any atom is -0.479 e. The van der Waals surface area contributed by atoms with Gasteiger partial charge in [-0.25, -0.2) is 4.79 Å². The van der Waals surface area contributed by atoms with Crippen molar-refractivity contribution >= 4 is 23.6 Å². The normalized spacial score (nSPS) is 12.3. The zero-order valence-electron chi connectivity index (χ0n) is 10.5. The first-order valence-corrected chi connectivity index (χ1v) is 5.60. The number of methoxy groups -OCH3 is 1. The molecule has 0 radical (unpaired) electrons. The smallest absolute Gasteiger partial charge is 0.334 e. The van der Waals surface area contributed by atoms with Gasteiger partial charge in [0, 0.05) is 18.9 Å². The highest BCUT2D eigenvalue weighted by Gasteiger charge is 2.16. The Morgan fingerprint density at radius 3 is 2.58 bits per heavy atom. The predicted octanol–water partition coefficient (Wildman–Crippen LogP) is 0.498. The van der Waals surface area contributed by atoms with Gasteiger partial charge >= 0.3 is 5.97 Å². The van der Waals surface area contributed by atoms with E-state index in [4.69, 9.17) is 10.8 Å². The Bertz CT molecular complexity index is 468. The van der Waals surface area contributed by atoms with Crippen molar-refractivity contribution in [2.45, 2.75) is 6.10 Å². The van der Waals surface area contributed by atoms with E-state index in [1.165, 1.54) is 13.2 Å². The first-order valence-electron chi connectivity index (χ1n) is 5.60. The number of carbonyl (C=O) groups excluding carboxylic acids is 1. The van der Waals surface area contributed by atoms with Gasteiger partial charge in [-0.3, -0.25) is 4.79 Å². The number of carboxylic acids is 1. The Morgan fingerprint density at radius 1 is 1.42 bits per heavy atom. The fourth-order valence-electron chi connectivity index (χ4n) is 1.30. The molecule has 1 atom stereocenters. The number of rotatable bonds is 6. The number of anilines is 1. The number of carbonyl (C=O) groups is 2. The number of nitrogen functional groups attached to an aromatic ring is 1. The lowest BCUT2D eigenvalue weighted by Crippen LogP contribution is -2.37. The average Bonchev–Trinajstić information content (AvgIpc) is 2.38. The maximum absolute atomic E-state index is 11.5. The highest BCUT2D eigenvalue weighted by atomic mass is 16.5. The molecule has 102 valence electrons. The summed E-state index contributed by atoms with van der Waals surface area (Å²) in [6.45, 7) is -0.0866. The Kier molecular flexibility index (Phi) is 5.56. The summed E-state index contributed by atoms with van der Waals surface area (Å²) in [6.07, 6.45) is 1.88. The van der Waals surface area contributed by atoms with Crippen LogP contribution in [-0.2, 0) is 14.3 Å². The van der Waals surface area contributed by atoms with Crippen molar-refractivity contribution in [1.82, 2.24) is 5.32 Å². The summed E-state index contributed by atoms with van der Waals surface area (Å²) in [5.74, 6) is -1.51. The van der Waals surface area contributed by atoms with Crippen molar-refractivity contribution in [3.05, 3.63) is 35.9 Å². The predicted molar refractivity (Wildman–Crippen MR) is 71.3 cm³/mol. The minimum atomic E-state index is -1.12. The van der Waals surface area contributed by atoms with E-state index in [0.29, 0.717) is 5.69 Å². The van der Waals surface area contributed by atoms with Gasteiger partial charge in [0.25, 0.3) is 0 Å². The topological polar surface area (TPSA) is 102 Å². The van der Waals surface area contributed by atoms with Gasteiger partial charge in [0.2, 0.25) is 5.91 Å². The molecule has 0 aromatic heterocycles. The van der Waals surface area contributed by atoms with Gasteiger partial charge in [0.15, 0.2) is 6.10 Å². The van der Waals surface area contributed by atoms with Crippen molar-refractivity contribution in [3.8, 4) is 0 Å². The summed E-state index contributed by atoms with van der Waals surface area (Å²) in [7, 11) is 1.27. The van der Waals surface area contributed by atoms with Crippen LogP contribution in [0.3, 0.4) is 0 Å². The van der Waals surface area contributed by atoms with Crippen LogP contribution in [0.5, 0.6) is 0 Å². The monoisotopic (exact) mass is 264 g/mol. The molecule has 4 N–H and O–H groups in total. The molecule has 19 heavy (non-hydrogen) atoms. The van der Waals surface area contributed by atoms with Gasteiger partial charge in [0.05, 0.1) is 6.54 Å². The van der Waals surface area contributed by atoms with Crippen LogP contribution in [0, 0.1) is 0 Å². The SMILES string of the molecule is COC(CNC(=O)/C=C/c1ccc(N)cc1)C(=O)O. The van der Waals surface area contributed by atoms with Gasteiger partial charge in [0.1, 0.15) is 0 Å². The second kappa shape index (κ2) is 7.17. The van der Waals surface area contributed by atoms with Gasteiger partial charge in [-0.1, -0.05) is 12.1 Å². The summed E-state index contributed by atoms with van der Waals surface area (Å²) in [5, 5.41) is 11.2. The molecule has 0 aliphatic heterocycles. The molecule has 1 aromatic rings. The van der Waals surface area contributed by atoms with Gasteiger partial charge in [-0.05, 0) is 23.8 Å². The molecule has 0 aliphatic carbocycles. The molecule has 0 saturated heterocycles.